The standard InChI is InChI=1S/C16H24N2OS/c1-11(2)13-6-7-18(10-13)9-12-4-5-15(19-3)14(8-12)16(17)20/h4-5,8,11,13H,6-7,9-10H2,1-3H3,(H2,17,20). The average molecular weight is 292 g/mol. The summed E-state index contributed by atoms with van der Waals surface area (Å²) in [5.41, 5.74) is 7.85. The van der Waals surface area contributed by atoms with Crippen LogP contribution < -0.4 is 10.5 Å². The van der Waals surface area contributed by atoms with E-state index in [1.54, 1.807) is 7.11 Å². The van der Waals surface area contributed by atoms with Gasteiger partial charge in [-0.1, -0.05) is 32.1 Å². The van der Waals surface area contributed by atoms with Gasteiger partial charge in [0.25, 0.3) is 0 Å². The van der Waals surface area contributed by atoms with E-state index in [2.05, 4.69) is 30.9 Å². The first-order valence-corrected chi connectivity index (χ1v) is 7.61. The molecule has 1 heterocycles. The minimum Gasteiger partial charge on any atom is -0.496 e. The van der Waals surface area contributed by atoms with E-state index < -0.39 is 0 Å². The molecule has 1 aliphatic heterocycles. The number of thiocarbonyl (C=S) groups is 1. The highest BCUT2D eigenvalue weighted by molar-refractivity contribution is 7.80. The molecule has 0 amide bonds. The van der Waals surface area contributed by atoms with Gasteiger partial charge in [0.05, 0.1) is 12.7 Å². The first-order valence-electron chi connectivity index (χ1n) is 7.20. The zero-order chi connectivity index (χ0) is 14.7. The Morgan fingerprint density at radius 1 is 1.50 bits per heavy atom. The number of benzene rings is 1. The van der Waals surface area contributed by atoms with Gasteiger partial charge in [-0.15, -0.1) is 0 Å². The summed E-state index contributed by atoms with van der Waals surface area (Å²) in [5, 5.41) is 0. The predicted molar refractivity (Wildman–Crippen MR) is 87.1 cm³/mol. The van der Waals surface area contributed by atoms with Gasteiger partial charge in [0.2, 0.25) is 0 Å². The number of hydrogen-bond donors (Lipinski definition) is 1. The van der Waals surface area contributed by atoms with Crippen LogP contribution in [0, 0.1) is 11.8 Å². The average Bonchev–Trinajstić information content (AvgIpc) is 2.87. The SMILES string of the molecule is COc1ccc(CN2CCC(C(C)C)C2)cc1C(N)=S. The molecule has 20 heavy (non-hydrogen) atoms. The van der Waals surface area contributed by atoms with Crippen molar-refractivity contribution in [3.63, 3.8) is 0 Å². The quantitative estimate of drug-likeness (QED) is 0.847. The molecular weight excluding hydrogens is 268 g/mol. The molecule has 2 N–H and O–H groups in total. The van der Waals surface area contributed by atoms with Crippen LogP contribution >= 0.6 is 12.2 Å². The molecule has 1 aromatic rings. The maximum atomic E-state index is 5.77. The van der Waals surface area contributed by atoms with Gasteiger partial charge in [0.15, 0.2) is 0 Å². The summed E-state index contributed by atoms with van der Waals surface area (Å²) in [6.45, 7) is 7.95. The summed E-state index contributed by atoms with van der Waals surface area (Å²) >= 11 is 5.10. The van der Waals surface area contributed by atoms with Gasteiger partial charge in [-0.05, 0) is 42.5 Å². The van der Waals surface area contributed by atoms with Gasteiger partial charge < -0.3 is 10.5 Å². The Morgan fingerprint density at radius 3 is 2.80 bits per heavy atom. The van der Waals surface area contributed by atoms with Crippen LogP contribution in [0.3, 0.4) is 0 Å². The van der Waals surface area contributed by atoms with Crippen LogP contribution in [-0.2, 0) is 6.54 Å². The Morgan fingerprint density at radius 2 is 2.25 bits per heavy atom. The molecule has 3 nitrogen and oxygen atoms in total. The number of methoxy groups -OCH3 is 1. The maximum Gasteiger partial charge on any atom is 0.129 e. The minimum atomic E-state index is 0.394. The highest BCUT2D eigenvalue weighted by atomic mass is 32.1. The molecule has 1 aromatic carbocycles. The van der Waals surface area contributed by atoms with E-state index in [1.165, 1.54) is 25.1 Å². The first-order chi connectivity index (χ1) is 9.51. The van der Waals surface area contributed by atoms with Crippen molar-refractivity contribution in [2.24, 2.45) is 17.6 Å². The van der Waals surface area contributed by atoms with Crippen molar-refractivity contribution >= 4 is 17.2 Å². The fourth-order valence-electron chi connectivity index (χ4n) is 2.85. The minimum absolute atomic E-state index is 0.394. The maximum absolute atomic E-state index is 5.77. The van der Waals surface area contributed by atoms with E-state index in [9.17, 15) is 0 Å². The molecule has 0 radical (unpaired) electrons. The summed E-state index contributed by atoms with van der Waals surface area (Å²) in [6.07, 6.45) is 1.30. The molecule has 1 aliphatic rings. The van der Waals surface area contributed by atoms with Crippen LogP contribution in [0.4, 0.5) is 0 Å². The molecule has 0 aliphatic carbocycles. The number of rotatable bonds is 5. The van der Waals surface area contributed by atoms with Gasteiger partial charge in [-0.2, -0.15) is 0 Å². The van der Waals surface area contributed by atoms with Crippen LogP contribution in [0.25, 0.3) is 0 Å². The van der Waals surface area contributed by atoms with Crippen LogP contribution in [0.15, 0.2) is 18.2 Å². The zero-order valence-corrected chi connectivity index (χ0v) is 13.4. The van der Waals surface area contributed by atoms with Crippen molar-refractivity contribution in [2.75, 3.05) is 20.2 Å². The molecule has 1 fully saturated rings. The van der Waals surface area contributed by atoms with Crippen molar-refractivity contribution in [1.29, 1.82) is 0 Å². The van der Waals surface area contributed by atoms with Crippen LogP contribution in [0.5, 0.6) is 5.75 Å². The predicted octanol–water partition coefficient (Wildman–Crippen LogP) is 2.81. The van der Waals surface area contributed by atoms with Crippen LogP contribution in [-0.4, -0.2) is 30.1 Å². The summed E-state index contributed by atoms with van der Waals surface area (Å²) < 4.78 is 5.30. The molecular formula is C16H24N2OS. The Balaban J connectivity index is 2.07. The summed E-state index contributed by atoms with van der Waals surface area (Å²) in [6, 6.07) is 6.12. The van der Waals surface area contributed by atoms with E-state index in [4.69, 9.17) is 22.7 Å². The zero-order valence-electron chi connectivity index (χ0n) is 12.6. The normalized spacial score (nSPS) is 19.5. The van der Waals surface area contributed by atoms with Crippen LogP contribution in [0.2, 0.25) is 0 Å². The van der Waals surface area contributed by atoms with E-state index >= 15 is 0 Å². The summed E-state index contributed by atoms with van der Waals surface area (Å²) in [7, 11) is 1.64. The van der Waals surface area contributed by atoms with Crippen molar-refractivity contribution in [2.45, 2.75) is 26.8 Å². The number of likely N-dealkylation sites (tertiary alicyclic amines) is 1. The van der Waals surface area contributed by atoms with Crippen LogP contribution in [0.1, 0.15) is 31.4 Å². The Hall–Kier alpha value is -1.13. The highest BCUT2D eigenvalue weighted by Gasteiger charge is 2.24. The lowest BCUT2D eigenvalue weighted by Gasteiger charge is -2.18. The Labute approximate surface area is 127 Å². The number of ether oxygens (including phenoxy) is 1. The second-order valence-electron chi connectivity index (χ2n) is 5.93. The molecule has 1 saturated heterocycles. The second kappa shape index (κ2) is 6.55. The molecule has 110 valence electrons. The topological polar surface area (TPSA) is 38.5 Å². The van der Waals surface area contributed by atoms with Crippen molar-refractivity contribution in [1.82, 2.24) is 4.90 Å². The first kappa shape index (κ1) is 15.3. The molecule has 0 aromatic heterocycles. The van der Waals surface area contributed by atoms with Gasteiger partial charge in [-0.25, -0.2) is 0 Å². The molecule has 4 heteroatoms. The largest absolute Gasteiger partial charge is 0.496 e. The molecule has 0 saturated carbocycles. The van der Waals surface area contributed by atoms with Gasteiger partial charge in [-0.3, -0.25) is 4.90 Å². The lowest BCUT2D eigenvalue weighted by Crippen LogP contribution is -2.22. The molecule has 1 unspecified atom stereocenters. The molecule has 2 rings (SSSR count). The fraction of sp³-hybridized carbons (Fsp3) is 0.562. The van der Waals surface area contributed by atoms with E-state index in [-0.39, 0.29) is 0 Å². The molecule has 1 atom stereocenters. The lowest BCUT2D eigenvalue weighted by molar-refractivity contribution is 0.296. The van der Waals surface area contributed by atoms with Gasteiger partial charge >= 0.3 is 0 Å². The van der Waals surface area contributed by atoms with E-state index in [0.29, 0.717) is 4.99 Å². The third kappa shape index (κ3) is 3.49. The van der Waals surface area contributed by atoms with E-state index in [0.717, 1.165) is 29.7 Å². The molecule has 0 bridgehead atoms. The third-order valence-corrected chi connectivity index (χ3v) is 4.41. The van der Waals surface area contributed by atoms with Crippen molar-refractivity contribution in [3.8, 4) is 5.75 Å². The smallest absolute Gasteiger partial charge is 0.129 e. The number of nitrogens with two attached hydrogens (primary N) is 1. The van der Waals surface area contributed by atoms with E-state index in [1.807, 2.05) is 6.07 Å². The monoisotopic (exact) mass is 292 g/mol. The Bertz CT molecular complexity index is 487. The second-order valence-corrected chi connectivity index (χ2v) is 6.37. The lowest BCUT2D eigenvalue weighted by atomic mass is 9.95. The number of nitrogens with zero attached hydrogens (tertiary/aromatic N) is 1. The third-order valence-electron chi connectivity index (χ3n) is 4.19. The summed E-state index contributed by atoms with van der Waals surface area (Å²) in [5.74, 6) is 2.34. The van der Waals surface area contributed by atoms with Gasteiger partial charge in [0, 0.05) is 13.1 Å². The molecule has 0 spiro atoms. The number of hydrogen-bond acceptors (Lipinski definition) is 3. The Kier molecular flexibility index (Phi) is 5.00. The summed E-state index contributed by atoms with van der Waals surface area (Å²) in [4.78, 5) is 2.90. The van der Waals surface area contributed by atoms with Crippen molar-refractivity contribution < 1.29 is 4.74 Å². The fourth-order valence-corrected chi connectivity index (χ4v) is 3.01. The van der Waals surface area contributed by atoms with Gasteiger partial charge in [0.1, 0.15) is 10.7 Å². The highest BCUT2D eigenvalue weighted by Crippen LogP contribution is 2.26. The van der Waals surface area contributed by atoms with Crippen molar-refractivity contribution in [3.05, 3.63) is 29.3 Å².